The summed E-state index contributed by atoms with van der Waals surface area (Å²) in [5.41, 5.74) is 2.02. The third-order valence-corrected chi connectivity index (χ3v) is 4.39. The minimum absolute atomic E-state index is 0.411. The molecule has 0 spiro atoms. The van der Waals surface area contributed by atoms with E-state index in [-0.39, 0.29) is 0 Å². The summed E-state index contributed by atoms with van der Waals surface area (Å²) in [5.74, 6) is 0. The van der Waals surface area contributed by atoms with Gasteiger partial charge in [0.25, 0.3) is 0 Å². The normalized spacial score (nSPS) is 13.7. The van der Waals surface area contributed by atoms with Crippen LogP contribution in [0.4, 0.5) is 5.13 Å². The van der Waals surface area contributed by atoms with Gasteiger partial charge in [-0.05, 0) is 38.2 Å². The summed E-state index contributed by atoms with van der Waals surface area (Å²) < 4.78 is 0. The maximum atomic E-state index is 8.76. The molecule has 0 aliphatic heterocycles. The molecule has 0 saturated carbocycles. The molecule has 7 heteroatoms. The van der Waals surface area contributed by atoms with Crippen molar-refractivity contribution in [1.82, 2.24) is 4.98 Å². The Labute approximate surface area is 138 Å². The second-order valence-corrected chi connectivity index (χ2v) is 6.38. The maximum absolute atomic E-state index is 8.76. The number of rotatable bonds is 6. The lowest BCUT2D eigenvalue weighted by molar-refractivity contribution is 1.08. The fourth-order valence-electron chi connectivity index (χ4n) is 1.36. The molecule has 21 heavy (non-hydrogen) atoms. The van der Waals surface area contributed by atoms with Gasteiger partial charge in [-0.25, -0.2) is 9.98 Å². The molecule has 0 aromatic carbocycles. The van der Waals surface area contributed by atoms with Crippen molar-refractivity contribution in [2.24, 2.45) is 4.99 Å². The van der Waals surface area contributed by atoms with Crippen molar-refractivity contribution in [3.05, 3.63) is 33.4 Å². The number of aromatic nitrogens is 1. The summed E-state index contributed by atoms with van der Waals surface area (Å²) in [6.45, 7) is 6.01. The molecule has 112 valence electrons. The summed E-state index contributed by atoms with van der Waals surface area (Å²) in [6.07, 6.45) is 6.21. The number of aliphatic imine (C=N–C) groups is 1. The van der Waals surface area contributed by atoms with Crippen LogP contribution in [0.25, 0.3) is 0 Å². The van der Waals surface area contributed by atoms with Crippen LogP contribution in [0.5, 0.6) is 0 Å². The summed E-state index contributed by atoms with van der Waals surface area (Å²) in [4.78, 5) is 9.07. The standard InChI is InChI=1S/C14H17ClN4S2/c1-5-9(2)13(20-4)19-12(15)6-10(3)18-14-17-8-11(7-16)21-14/h6,8H,5H2,1-4H3,(H,17,18)/b10-6+,13-9-,19-12+. The molecule has 0 aliphatic carbocycles. The molecule has 0 aliphatic rings. The molecule has 0 radical (unpaired) electrons. The van der Waals surface area contributed by atoms with Crippen LogP contribution in [0.15, 0.2) is 33.6 Å². The van der Waals surface area contributed by atoms with E-state index in [4.69, 9.17) is 16.9 Å². The zero-order valence-corrected chi connectivity index (χ0v) is 14.8. The minimum atomic E-state index is 0.411. The number of nitriles is 1. The van der Waals surface area contributed by atoms with Gasteiger partial charge in [-0.3, -0.25) is 0 Å². The highest BCUT2D eigenvalue weighted by molar-refractivity contribution is 8.02. The van der Waals surface area contributed by atoms with Crippen LogP contribution in [-0.4, -0.2) is 16.4 Å². The molecule has 0 amide bonds. The monoisotopic (exact) mass is 340 g/mol. The van der Waals surface area contributed by atoms with E-state index >= 15 is 0 Å². The van der Waals surface area contributed by atoms with Gasteiger partial charge in [0, 0.05) is 5.70 Å². The Morgan fingerprint density at radius 1 is 1.62 bits per heavy atom. The molecule has 0 fully saturated rings. The van der Waals surface area contributed by atoms with Gasteiger partial charge in [-0.1, -0.05) is 29.9 Å². The number of allylic oxidation sites excluding steroid dienone is 3. The van der Waals surface area contributed by atoms with Crippen LogP contribution in [0, 0.1) is 11.3 Å². The Morgan fingerprint density at radius 3 is 2.86 bits per heavy atom. The third kappa shape index (κ3) is 5.92. The van der Waals surface area contributed by atoms with Crippen molar-refractivity contribution in [2.75, 3.05) is 11.6 Å². The molecular weight excluding hydrogens is 324 g/mol. The second kappa shape index (κ2) is 8.88. The zero-order chi connectivity index (χ0) is 15.8. The van der Waals surface area contributed by atoms with Gasteiger partial charge in [0.2, 0.25) is 0 Å². The first-order valence-corrected chi connectivity index (χ1v) is 8.71. The van der Waals surface area contributed by atoms with Gasteiger partial charge < -0.3 is 5.32 Å². The molecule has 4 nitrogen and oxygen atoms in total. The van der Waals surface area contributed by atoms with Gasteiger partial charge in [-0.15, -0.1) is 11.8 Å². The third-order valence-electron chi connectivity index (χ3n) is 2.55. The number of hydrogen-bond acceptors (Lipinski definition) is 6. The van der Waals surface area contributed by atoms with Crippen LogP contribution in [0.2, 0.25) is 0 Å². The first-order chi connectivity index (χ1) is 9.99. The molecule has 1 aromatic rings. The van der Waals surface area contributed by atoms with Gasteiger partial charge in [0.05, 0.1) is 11.2 Å². The Kier molecular flexibility index (Phi) is 7.51. The number of nitrogens with one attached hydrogen (secondary N) is 1. The van der Waals surface area contributed by atoms with E-state index in [0.717, 1.165) is 17.1 Å². The van der Waals surface area contributed by atoms with Gasteiger partial charge in [-0.2, -0.15) is 5.26 Å². The number of anilines is 1. The van der Waals surface area contributed by atoms with Crippen molar-refractivity contribution in [3.8, 4) is 6.07 Å². The average molecular weight is 341 g/mol. The molecular formula is C14H17ClN4S2. The maximum Gasteiger partial charge on any atom is 0.188 e. The first-order valence-electron chi connectivity index (χ1n) is 6.29. The Hall–Kier alpha value is -1.29. The van der Waals surface area contributed by atoms with E-state index in [9.17, 15) is 0 Å². The van der Waals surface area contributed by atoms with E-state index in [1.54, 1.807) is 17.8 Å². The van der Waals surface area contributed by atoms with Crippen LogP contribution in [0.1, 0.15) is 32.1 Å². The van der Waals surface area contributed by atoms with Crippen LogP contribution in [0.3, 0.4) is 0 Å². The van der Waals surface area contributed by atoms with Gasteiger partial charge >= 0.3 is 0 Å². The summed E-state index contributed by atoms with van der Waals surface area (Å²) >= 11 is 9.04. The molecule has 0 unspecified atom stereocenters. The zero-order valence-electron chi connectivity index (χ0n) is 12.4. The minimum Gasteiger partial charge on any atom is -0.335 e. The number of thiazole rings is 1. The van der Waals surface area contributed by atoms with Crippen LogP contribution in [-0.2, 0) is 0 Å². The Balaban J connectivity index is 2.83. The van der Waals surface area contributed by atoms with Crippen molar-refractivity contribution in [3.63, 3.8) is 0 Å². The van der Waals surface area contributed by atoms with E-state index in [0.29, 0.717) is 15.2 Å². The van der Waals surface area contributed by atoms with Crippen molar-refractivity contribution in [2.45, 2.75) is 27.2 Å². The largest absolute Gasteiger partial charge is 0.335 e. The lowest BCUT2D eigenvalue weighted by atomic mass is 10.3. The molecule has 1 aromatic heterocycles. The Bertz CT molecular complexity index is 623. The number of hydrogen-bond donors (Lipinski definition) is 1. The lowest BCUT2D eigenvalue weighted by Crippen LogP contribution is -1.97. The summed E-state index contributed by atoms with van der Waals surface area (Å²) in [7, 11) is 0. The number of thioether (sulfide) groups is 1. The molecule has 0 saturated heterocycles. The summed E-state index contributed by atoms with van der Waals surface area (Å²) in [5, 5.41) is 13.9. The molecule has 1 N–H and O–H groups in total. The first kappa shape index (κ1) is 17.8. The van der Waals surface area contributed by atoms with Crippen molar-refractivity contribution in [1.29, 1.82) is 5.26 Å². The summed E-state index contributed by atoms with van der Waals surface area (Å²) in [6, 6.07) is 2.05. The highest BCUT2D eigenvalue weighted by Gasteiger charge is 2.03. The quantitative estimate of drug-likeness (QED) is 0.742. The van der Waals surface area contributed by atoms with Crippen molar-refractivity contribution < 1.29 is 0 Å². The predicted octanol–water partition coefficient (Wildman–Crippen LogP) is 4.97. The molecule has 1 heterocycles. The van der Waals surface area contributed by atoms with E-state index in [2.05, 4.69) is 28.3 Å². The fourth-order valence-corrected chi connectivity index (χ4v) is 3.02. The fraction of sp³-hybridized carbons (Fsp3) is 0.357. The average Bonchev–Trinajstić information content (AvgIpc) is 2.91. The molecule has 0 bridgehead atoms. The predicted molar refractivity (Wildman–Crippen MR) is 94.0 cm³/mol. The highest BCUT2D eigenvalue weighted by Crippen LogP contribution is 2.22. The van der Waals surface area contributed by atoms with Crippen LogP contribution >= 0.6 is 34.7 Å². The second-order valence-electron chi connectivity index (χ2n) is 4.17. The topological polar surface area (TPSA) is 61.1 Å². The highest BCUT2D eigenvalue weighted by atomic mass is 35.5. The number of halogens is 1. The van der Waals surface area contributed by atoms with Gasteiger partial charge in [0.1, 0.15) is 16.1 Å². The smallest absolute Gasteiger partial charge is 0.188 e. The van der Waals surface area contributed by atoms with Crippen molar-refractivity contribution >= 4 is 45.0 Å². The van der Waals surface area contributed by atoms with Crippen LogP contribution < -0.4 is 5.32 Å². The lowest BCUT2D eigenvalue weighted by Gasteiger charge is -2.04. The van der Waals surface area contributed by atoms with E-state index < -0.39 is 0 Å². The van der Waals surface area contributed by atoms with Gasteiger partial charge in [0.15, 0.2) is 5.13 Å². The Morgan fingerprint density at radius 2 is 2.33 bits per heavy atom. The van der Waals surface area contributed by atoms with E-state index in [1.807, 2.05) is 20.1 Å². The number of nitrogens with zero attached hydrogens (tertiary/aromatic N) is 3. The molecule has 0 atom stereocenters. The molecule has 1 rings (SSSR count). The van der Waals surface area contributed by atoms with E-state index in [1.165, 1.54) is 23.1 Å². The SMILES string of the molecule is CC/C(C)=C(/N=C(Cl)\C=C(/C)Nc1ncc(C#N)s1)SC.